The second kappa shape index (κ2) is 3.32. The lowest BCUT2D eigenvalue weighted by atomic mass is 10.2. The molecule has 0 amide bonds. The van der Waals surface area contributed by atoms with Gasteiger partial charge in [0.1, 0.15) is 14.9 Å². The number of thiophene rings is 1. The van der Waals surface area contributed by atoms with Crippen molar-refractivity contribution in [2.75, 3.05) is 5.73 Å². The smallest absolute Gasteiger partial charge is 0.346 e. The summed E-state index contributed by atoms with van der Waals surface area (Å²) < 4.78 is 0. The number of carboxylic acids is 1. The summed E-state index contributed by atoms with van der Waals surface area (Å²) in [5.74, 6) is -0.948. The van der Waals surface area contributed by atoms with Crippen molar-refractivity contribution < 1.29 is 9.90 Å². The quantitative estimate of drug-likeness (QED) is 0.747. The predicted molar refractivity (Wildman–Crippen MR) is 58.5 cm³/mol. The highest BCUT2D eigenvalue weighted by Gasteiger charge is 2.18. The average molecular weight is 244 g/mol. The number of hydrogen-bond donors (Lipinski definition) is 2. The van der Waals surface area contributed by atoms with Crippen molar-refractivity contribution in [3.63, 3.8) is 0 Å². The molecule has 0 fully saturated rings. The van der Waals surface area contributed by atoms with Crippen LogP contribution in [0.2, 0.25) is 5.15 Å². The van der Waals surface area contributed by atoms with E-state index in [1.54, 1.807) is 6.92 Å². The Morgan fingerprint density at radius 3 is 2.80 bits per heavy atom. The van der Waals surface area contributed by atoms with E-state index in [0.717, 1.165) is 11.3 Å². The van der Waals surface area contributed by atoms with E-state index in [1.165, 1.54) is 0 Å². The summed E-state index contributed by atoms with van der Waals surface area (Å²) in [6, 6.07) is 0. The molecule has 15 heavy (non-hydrogen) atoms. The third kappa shape index (κ3) is 1.51. The van der Waals surface area contributed by atoms with Crippen LogP contribution in [0.4, 0.5) is 5.95 Å². The monoisotopic (exact) mass is 243 g/mol. The third-order valence-corrected chi connectivity index (χ3v) is 3.40. The van der Waals surface area contributed by atoms with E-state index in [1.807, 2.05) is 0 Å². The molecule has 2 aromatic heterocycles. The van der Waals surface area contributed by atoms with Gasteiger partial charge < -0.3 is 10.8 Å². The van der Waals surface area contributed by atoms with Crippen LogP contribution in [0.1, 0.15) is 15.2 Å². The number of aryl methyl sites for hydroxylation is 1. The number of nitrogens with two attached hydrogens (primary N) is 1. The lowest BCUT2D eigenvalue weighted by molar-refractivity contribution is 0.0701. The van der Waals surface area contributed by atoms with Gasteiger partial charge in [-0.05, 0) is 12.5 Å². The van der Waals surface area contributed by atoms with Crippen molar-refractivity contribution in [2.24, 2.45) is 0 Å². The van der Waals surface area contributed by atoms with Crippen LogP contribution in [0.15, 0.2) is 0 Å². The standard InChI is InChI=1S/C8H6ClN3O2S/c1-2-3-5(9)11-8(10)12-6(3)15-4(2)7(13)14/h1H3,(H,13,14)(H2,10,11,12). The first kappa shape index (κ1) is 10.1. The fourth-order valence-electron chi connectivity index (χ4n) is 1.31. The number of nitrogen functional groups attached to an aromatic ring is 1. The minimum absolute atomic E-state index is 0.0469. The summed E-state index contributed by atoms with van der Waals surface area (Å²) in [4.78, 5) is 19.3. The van der Waals surface area contributed by atoms with E-state index in [2.05, 4.69) is 9.97 Å². The Labute approximate surface area is 93.5 Å². The Morgan fingerprint density at radius 1 is 1.53 bits per heavy atom. The molecular weight excluding hydrogens is 238 g/mol. The third-order valence-electron chi connectivity index (χ3n) is 1.96. The molecule has 0 radical (unpaired) electrons. The second-order valence-electron chi connectivity index (χ2n) is 2.91. The van der Waals surface area contributed by atoms with Crippen LogP contribution in [-0.4, -0.2) is 21.0 Å². The molecule has 0 saturated carbocycles. The summed E-state index contributed by atoms with van der Waals surface area (Å²) in [6.07, 6.45) is 0. The zero-order chi connectivity index (χ0) is 11.2. The zero-order valence-electron chi connectivity index (χ0n) is 7.61. The molecular formula is C8H6ClN3O2S. The highest BCUT2D eigenvalue weighted by atomic mass is 35.5. The fraction of sp³-hybridized carbons (Fsp3) is 0.125. The molecule has 3 N–H and O–H groups in total. The maximum atomic E-state index is 10.9. The van der Waals surface area contributed by atoms with E-state index < -0.39 is 5.97 Å². The van der Waals surface area contributed by atoms with Crippen LogP contribution in [0.25, 0.3) is 10.2 Å². The number of halogens is 1. The van der Waals surface area contributed by atoms with Crippen LogP contribution >= 0.6 is 22.9 Å². The zero-order valence-corrected chi connectivity index (χ0v) is 9.19. The normalized spacial score (nSPS) is 10.8. The molecule has 0 aliphatic rings. The average Bonchev–Trinajstić information content (AvgIpc) is 2.42. The minimum Gasteiger partial charge on any atom is -0.477 e. The number of carbonyl (C=O) groups is 1. The molecule has 2 rings (SSSR count). The Morgan fingerprint density at radius 2 is 2.20 bits per heavy atom. The molecule has 2 heterocycles. The van der Waals surface area contributed by atoms with E-state index in [0.29, 0.717) is 15.8 Å². The van der Waals surface area contributed by atoms with Gasteiger partial charge in [-0.15, -0.1) is 11.3 Å². The molecule has 7 heteroatoms. The number of fused-ring (bicyclic) bond motifs is 1. The summed E-state index contributed by atoms with van der Waals surface area (Å²) in [5, 5.41) is 9.67. The van der Waals surface area contributed by atoms with Crippen molar-refractivity contribution >= 4 is 45.1 Å². The summed E-state index contributed by atoms with van der Waals surface area (Å²) in [6.45, 7) is 1.67. The van der Waals surface area contributed by atoms with E-state index in [4.69, 9.17) is 22.4 Å². The molecule has 5 nitrogen and oxygen atoms in total. The molecule has 0 bridgehead atoms. The molecule has 2 aromatic rings. The summed E-state index contributed by atoms with van der Waals surface area (Å²) >= 11 is 6.91. The Bertz CT molecular complexity index is 567. The van der Waals surface area contributed by atoms with Crippen molar-refractivity contribution in [3.8, 4) is 0 Å². The first-order chi connectivity index (χ1) is 7.00. The van der Waals surface area contributed by atoms with Gasteiger partial charge >= 0.3 is 5.97 Å². The van der Waals surface area contributed by atoms with Gasteiger partial charge in [-0.1, -0.05) is 11.6 Å². The number of aromatic nitrogens is 2. The number of anilines is 1. The maximum absolute atomic E-state index is 10.9. The topological polar surface area (TPSA) is 89.1 Å². The van der Waals surface area contributed by atoms with Crippen LogP contribution in [0, 0.1) is 6.92 Å². The van der Waals surface area contributed by atoms with Crippen LogP contribution in [0.5, 0.6) is 0 Å². The highest BCUT2D eigenvalue weighted by Crippen LogP contribution is 2.33. The van der Waals surface area contributed by atoms with E-state index >= 15 is 0 Å². The van der Waals surface area contributed by atoms with Gasteiger partial charge in [-0.2, -0.15) is 0 Å². The lowest BCUT2D eigenvalue weighted by Crippen LogP contribution is -1.95. The molecule has 0 aromatic carbocycles. The SMILES string of the molecule is Cc1c(C(=O)O)sc2nc(N)nc(Cl)c12. The van der Waals surface area contributed by atoms with Gasteiger partial charge in [-0.25, -0.2) is 14.8 Å². The van der Waals surface area contributed by atoms with Crippen molar-refractivity contribution in [1.29, 1.82) is 0 Å². The van der Waals surface area contributed by atoms with E-state index in [9.17, 15) is 4.79 Å². The van der Waals surface area contributed by atoms with Gasteiger partial charge in [0.25, 0.3) is 0 Å². The Balaban J connectivity index is 2.88. The second-order valence-corrected chi connectivity index (χ2v) is 4.27. The van der Waals surface area contributed by atoms with Gasteiger partial charge in [0.2, 0.25) is 5.95 Å². The first-order valence-corrected chi connectivity index (χ1v) is 5.15. The summed E-state index contributed by atoms with van der Waals surface area (Å²) in [7, 11) is 0. The largest absolute Gasteiger partial charge is 0.477 e. The molecule has 78 valence electrons. The number of hydrogen-bond acceptors (Lipinski definition) is 5. The fourth-order valence-corrected chi connectivity index (χ4v) is 2.71. The first-order valence-electron chi connectivity index (χ1n) is 3.96. The number of nitrogens with zero attached hydrogens (tertiary/aromatic N) is 2. The number of carboxylic acid groups (broad SMARTS) is 1. The molecule has 0 atom stereocenters. The Hall–Kier alpha value is -1.40. The molecule has 0 unspecified atom stereocenters. The van der Waals surface area contributed by atoms with Gasteiger partial charge in [0, 0.05) is 0 Å². The number of aromatic carboxylic acids is 1. The van der Waals surface area contributed by atoms with Crippen LogP contribution in [-0.2, 0) is 0 Å². The minimum atomic E-state index is -0.995. The van der Waals surface area contributed by atoms with Crippen molar-refractivity contribution in [2.45, 2.75) is 6.92 Å². The Kier molecular flexibility index (Phi) is 2.24. The lowest BCUT2D eigenvalue weighted by Gasteiger charge is -1.96. The predicted octanol–water partition coefficient (Wildman–Crippen LogP) is 1.93. The van der Waals surface area contributed by atoms with Gasteiger partial charge in [0.05, 0.1) is 5.39 Å². The van der Waals surface area contributed by atoms with Crippen molar-refractivity contribution in [1.82, 2.24) is 9.97 Å². The molecule has 0 aliphatic carbocycles. The van der Waals surface area contributed by atoms with Crippen LogP contribution < -0.4 is 5.73 Å². The van der Waals surface area contributed by atoms with Crippen molar-refractivity contribution in [3.05, 3.63) is 15.6 Å². The number of rotatable bonds is 1. The van der Waals surface area contributed by atoms with Gasteiger partial charge in [0.15, 0.2) is 0 Å². The summed E-state index contributed by atoms with van der Waals surface area (Å²) in [5.41, 5.74) is 5.99. The van der Waals surface area contributed by atoms with Gasteiger partial charge in [-0.3, -0.25) is 0 Å². The molecule has 0 spiro atoms. The van der Waals surface area contributed by atoms with Crippen LogP contribution in [0.3, 0.4) is 0 Å². The highest BCUT2D eigenvalue weighted by molar-refractivity contribution is 7.20. The maximum Gasteiger partial charge on any atom is 0.346 e. The molecule has 0 aliphatic heterocycles. The molecule has 0 saturated heterocycles. The van der Waals surface area contributed by atoms with E-state index in [-0.39, 0.29) is 16.0 Å².